The summed E-state index contributed by atoms with van der Waals surface area (Å²) in [6, 6.07) is 8.55. The smallest absolute Gasteiger partial charge is 0.223 e. The first kappa shape index (κ1) is 14.8. The quantitative estimate of drug-likeness (QED) is 0.932. The van der Waals surface area contributed by atoms with Gasteiger partial charge in [0.25, 0.3) is 0 Å². The molecular formula is C18H18FNO2S. The topological polar surface area (TPSA) is 38.3 Å². The second kappa shape index (κ2) is 6.06. The first-order chi connectivity index (χ1) is 11.2. The van der Waals surface area contributed by atoms with Gasteiger partial charge in [-0.2, -0.15) is 0 Å². The van der Waals surface area contributed by atoms with E-state index in [1.807, 2.05) is 0 Å². The van der Waals surface area contributed by atoms with Crippen LogP contribution < -0.4 is 5.32 Å². The van der Waals surface area contributed by atoms with Crippen molar-refractivity contribution in [2.24, 2.45) is 5.92 Å². The Bertz CT molecular complexity index is 712. The van der Waals surface area contributed by atoms with Crippen LogP contribution in [0.3, 0.4) is 0 Å². The Balaban J connectivity index is 1.33. The second-order valence-corrected chi connectivity index (χ2v) is 7.15. The van der Waals surface area contributed by atoms with Crippen LogP contribution in [0.4, 0.5) is 4.39 Å². The molecule has 1 aromatic carbocycles. The molecule has 3 nitrogen and oxygen atoms in total. The molecule has 3 atom stereocenters. The first-order valence-corrected chi connectivity index (χ1v) is 8.81. The summed E-state index contributed by atoms with van der Waals surface area (Å²) in [6.45, 7) is 1.24. The maximum Gasteiger partial charge on any atom is 0.223 e. The van der Waals surface area contributed by atoms with E-state index in [-0.39, 0.29) is 29.7 Å². The number of halogens is 1. The Labute approximate surface area is 138 Å². The largest absolute Gasteiger partial charge is 0.371 e. The van der Waals surface area contributed by atoms with Crippen LogP contribution in [-0.2, 0) is 16.0 Å². The molecule has 5 heteroatoms. The lowest BCUT2D eigenvalue weighted by molar-refractivity contribution is -0.123. The van der Waals surface area contributed by atoms with Gasteiger partial charge in [0.05, 0.1) is 6.61 Å². The third-order valence-electron chi connectivity index (χ3n) is 4.66. The van der Waals surface area contributed by atoms with Crippen molar-refractivity contribution in [2.45, 2.75) is 24.9 Å². The molecular weight excluding hydrogens is 313 g/mol. The minimum Gasteiger partial charge on any atom is -0.371 e. The molecule has 23 heavy (non-hydrogen) atoms. The number of carbonyl (C=O) groups excluding carboxylic acids is 1. The Morgan fingerprint density at radius 2 is 2.13 bits per heavy atom. The van der Waals surface area contributed by atoms with Gasteiger partial charge in [0.1, 0.15) is 11.9 Å². The van der Waals surface area contributed by atoms with Crippen molar-refractivity contribution in [2.75, 3.05) is 13.2 Å². The number of hydrogen-bond acceptors (Lipinski definition) is 3. The number of hydrogen-bond donors (Lipinski definition) is 1. The molecule has 1 fully saturated rings. The highest BCUT2D eigenvalue weighted by atomic mass is 32.1. The van der Waals surface area contributed by atoms with E-state index in [2.05, 4.69) is 16.8 Å². The van der Waals surface area contributed by atoms with Gasteiger partial charge in [-0.1, -0.05) is 12.1 Å². The molecule has 1 aromatic heterocycles. The van der Waals surface area contributed by atoms with Crippen LogP contribution in [0.5, 0.6) is 0 Å². The van der Waals surface area contributed by atoms with Crippen LogP contribution in [0.2, 0.25) is 0 Å². The fourth-order valence-corrected chi connectivity index (χ4v) is 4.20. The van der Waals surface area contributed by atoms with Crippen LogP contribution in [0, 0.1) is 11.7 Å². The Morgan fingerprint density at radius 3 is 2.96 bits per heavy atom. The van der Waals surface area contributed by atoms with E-state index >= 15 is 0 Å². The fourth-order valence-electron chi connectivity index (χ4n) is 3.28. The molecule has 1 amide bonds. The number of nitrogens with one attached hydrogen (secondary N) is 1. The van der Waals surface area contributed by atoms with Gasteiger partial charge in [-0.25, -0.2) is 4.39 Å². The molecule has 4 rings (SSSR count). The zero-order valence-corrected chi connectivity index (χ0v) is 13.4. The van der Waals surface area contributed by atoms with Gasteiger partial charge >= 0.3 is 0 Å². The molecule has 1 aliphatic heterocycles. The Hall–Kier alpha value is -1.72. The highest BCUT2D eigenvalue weighted by Gasteiger charge is 2.44. The SMILES string of the molecule is O=C(NC[C@@H]1OCCc2sccc21)[C@@H]1C[C@@H]1c1ccc(F)cc1. The maximum atomic E-state index is 13.0. The van der Waals surface area contributed by atoms with Crippen LogP contribution in [0.15, 0.2) is 35.7 Å². The molecule has 0 spiro atoms. The average molecular weight is 331 g/mol. The highest BCUT2D eigenvalue weighted by molar-refractivity contribution is 7.10. The lowest BCUT2D eigenvalue weighted by atomic mass is 10.1. The molecule has 1 N–H and O–H groups in total. The molecule has 1 aliphatic carbocycles. The van der Waals surface area contributed by atoms with Crippen molar-refractivity contribution in [3.05, 3.63) is 57.5 Å². The zero-order valence-electron chi connectivity index (χ0n) is 12.6. The Kier molecular flexibility index (Phi) is 3.91. The van der Waals surface area contributed by atoms with E-state index in [0.29, 0.717) is 6.54 Å². The van der Waals surface area contributed by atoms with E-state index < -0.39 is 0 Å². The molecule has 1 saturated carbocycles. The van der Waals surface area contributed by atoms with Crippen molar-refractivity contribution >= 4 is 17.2 Å². The van der Waals surface area contributed by atoms with Crippen molar-refractivity contribution < 1.29 is 13.9 Å². The third-order valence-corrected chi connectivity index (χ3v) is 5.66. The molecule has 0 bridgehead atoms. The molecule has 2 aliphatic rings. The monoisotopic (exact) mass is 331 g/mol. The number of ether oxygens (including phenoxy) is 1. The predicted octanol–water partition coefficient (Wildman–Crippen LogP) is 3.42. The normalized spacial score (nSPS) is 25.7. The number of amides is 1. The highest BCUT2D eigenvalue weighted by Crippen LogP contribution is 2.47. The number of benzene rings is 1. The van der Waals surface area contributed by atoms with Gasteiger partial charge in [-0.05, 0) is 47.0 Å². The molecule has 0 radical (unpaired) electrons. The van der Waals surface area contributed by atoms with Crippen LogP contribution >= 0.6 is 11.3 Å². The van der Waals surface area contributed by atoms with Gasteiger partial charge in [0, 0.05) is 23.8 Å². The van der Waals surface area contributed by atoms with Gasteiger partial charge in [0.2, 0.25) is 5.91 Å². The van der Waals surface area contributed by atoms with Crippen molar-refractivity contribution in [3.8, 4) is 0 Å². The predicted molar refractivity (Wildman–Crippen MR) is 87.0 cm³/mol. The summed E-state index contributed by atoms with van der Waals surface area (Å²) in [5, 5.41) is 5.11. The van der Waals surface area contributed by atoms with Crippen molar-refractivity contribution in [1.82, 2.24) is 5.32 Å². The van der Waals surface area contributed by atoms with Crippen LogP contribution in [-0.4, -0.2) is 19.1 Å². The summed E-state index contributed by atoms with van der Waals surface area (Å²) >= 11 is 1.76. The summed E-state index contributed by atoms with van der Waals surface area (Å²) in [5.41, 5.74) is 2.26. The third kappa shape index (κ3) is 3.03. The standard InChI is InChI=1S/C18H18FNO2S/c19-12-3-1-11(2-4-12)14-9-15(14)18(21)20-10-16-13-6-8-23-17(13)5-7-22-16/h1-4,6,8,14-16H,5,7,9-10H2,(H,20,21)/t14-,15-,16+/m1/s1. The lowest BCUT2D eigenvalue weighted by Crippen LogP contribution is -2.32. The van der Waals surface area contributed by atoms with Crippen LogP contribution in [0.25, 0.3) is 0 Å². The summed E-state index contributed by atoms with van der Waals surface area (Å²) in [7, 11) is 0. The molecule has 0 saturated heterocycles. The number of carbonyl (C=O) groups is 1. The van der Waals surface area contributed by atoms with Gasteiger partial charge in [0.15, 0.2) is 0 Å². The maximum absolute atomic E-state index is 13.0. The summed E-state index contributed by atoms with van der Waals surface area (Å²) in [4.78, 5) is 13.7. The Morgan fingerprint density at radius 1 is 1.30 bits per heavy atom. The summed E-state index contributed by atoms with van der Waals surface area (Å²) in [5.74, 6) is 0.0623. The van der Waals surface area contributed by atoms with Crippen molar-refractivity contribution in [3.63, 3.8) is 0 Å². The van der Waals surface area contributed by atoms with E-state index in [4.69, 9.17) is 4.74 Å². The zero-order chi connectivity index (χ0) is 15.8. The minimum atomic E-state index is -0.239. The van der Waals surface area contributed by atoms with Crippen molar-refractivity contribution in [1.29, 1.82) is 0 Å². The lowest BCUT2D eigenvalue weighted by Gasteiger charge is -2.23. The average Bonchev–Trinajstić information content (AvgIpc) is 3.22. The van der Waals surface area contributed by atoms with Crippen LogP contribution in [0.1, 0.15) is 34.4 Å². The van der Waals surface area contributed by atoms with E-state index in [0.717, 1.165) is 25.0 Å². The molecule has 0 unspecified atom stereocenters. The molecule has 2 aromatic rings. The molecule has 120 valence electrons. The van der Waals surface area contributed by atoms with E-state index in [1.54, 1.807) is 23.5 Å². The second-order valence-electron chi connectivity index (χ2n) is 6.15. The van der Waals surface area contributed by atoms with E-state index in [9.17, 15) is 9.18 Å². The minimum absolute atomic E-state index is 0.00555. The summed E-state index contributed by atoms with van der Waals surface area (Å²) in [6.07, 6.45) is 1.77. The molecule has 2 heterocycles. The number of thiophene rings is 1. The van der Waals surface area contributed by atoms with Gasteiger partial charge in [-0.3, -0.25) is 4.79 Å². The summed E-state index contributed by atoms with van der Waals surface area (Å²) < 4.78 is 18.7. The number of rotatable bonds is 4. The van der Waals surface area contributed by atoms with Gasteiger partial charge in [-0.15, -0.1) is 11.3 Å². The van der Waals surface area contributed by atoms with E-state index in [1.165, 1.54) is 22.6 Å². The fraction of sp³-hybridized carbons (Fsp3) is 0.389. The van der Waals surface area contributed by atoms with Gasteiger partial charge < -0.3 is 10.1 Å². The number of fused-ring (bicyclic) bond motifs is 1. The first-order valence-electron chi connectivity index (χ1n) is 7.93.